The fourth-order valence-corrected chi connectivity index (χ4v) is 3.99. The summed E-state index contributed by atoms with van der Waals surface area (Å²) >= 11 is 3.66. The molecule has 0 aliphatic heterocycles. The minimum atomic E-state index is -2.45. The molecular weight excluding hydrogens is 324 g/mol. The summed E-state index contributed by atoms with van der Waals surface area (Å²) in [5, 5.41) is 0. The summed E-state index contributed by atoms with van der Waals surface area (Å²) in [4.78, 5) is 0.437. The van der Waals surface area contributed by atoms with Gasteiger partial charge < -0.3 is 13.3 Å². The Morgan fingerprint density at radius 1 is 1.05 bits per heavy atom. The number of benzene rings is 1. The standard InChI is InChI=1S/C14H23BrO3Si/c1-5-14(15)13-8-6-12(7-9-13)10-11-19(16-2,17-3)18-4/h6-9,14H,5,10-11H2,1-4H3. The van der Waals surface area contributed by atoms with Gasteiger partial charge in [-0.05, 0) is 24.0 Å². The molecular formula is C14H23BrO3Si. The Balaban J connectivity index is 2.63. The zero-order valence-electron chi connectivity index (χ0n) is 12.1. The van der Waals surface area contributed by atoms with Crippen molar-refractivity contribution in [3.05, 3.63) is 35.4 Å². The summed E-state index contributed by atoms with van der Waals surface area (Å²) in [6.45, 7) is 2.17. The van der Waals surface area contributed by atoms with Crippen molar-refractivity contribution in [2.75, 3.05) is 21.3 Å². The molecule has 1 aromatic carbocycles. The quantitative estimate of drug-likeness (QED) is 0.526. The molecule has 1 rings (SSSR count). The van der Waals surface area contributed by atoms with Gasteiger partial charge in [0.1, 0.15) is 0 Å². The van der Waals surface area contributed by atoms with Gasteiger partial charge in [-0.15, -0.1) is 0 Å². The third-order valence-electron chi connectivity index (χ3n) is 3.35. The van der Waals surface area contributed by atoms with E-state index in [9.17, 15) is 0 Å². The van der Waals surface area contributed by atoms with E-state index >= 15 is 0 Å². The molecule has 0 amide bonds. The SMILES string of the molecule is CCC(Br)c1ccc(CC[Si](OC)(OC)OC)cc1. The van der Waals surface area contributed by atoms with Crippen LogP contribution in [0.25, 0.3) is 0 Å². The number of hydrogen-bond donors (Lipinski definition) is 0. The number of halogens is 1. The van der Waals surface area contributed by atoms with Gasteiger partial charge in [0.2, 0.25) is 0 Å². The van der Waals surface area contributed by atoms with Gasteiger partial charge in [0.25, 0.3) is 0 Å². The van der Waals surface area contributed by atoms with Crippen molar-refractivity contribution >= 4 is 24.7 Å². The van der Waals surface area contributed by atoms with E-state index in [0.717, 1.165) is 18.9 Å². The van der Waals surface area contributed by atoms with Crippen molar-refractivity contribution in [2.45, 2.75) is 30.6 Å². The first-order chi connectivity index (χ1) is 9.10. The summed E-state index contributed by atoms with van der Waals surface area (Å²) in [6, 6.07) is 9.47. The Morgan fingerprint density at radius 3 is 2.00 bits per heavy atom. The Bertz CT molecular complexity index is 357. The molecule has 0 N–H and O–H groups in total. The van der Waals surface area contributed by atoms with E-state index in [2.05, 4.69) is 47.1 Å². The molecule has 0 aliphatic rings. The predicted molar refractivity (Wildman–Crippen MR) is 83.7 cm³/mol. The smallest absolute Gasteiger partial charge is 0.377 e. The van der Waals surface area contributed by atoms with Gasteiger partial charge >= 0.3 is 8.80 Å². The Hall–Kier alpha value is -0.203. The molecule has 0 bridgehead atoms. The number of alkyl halides is 1. The minimum Gasteiger partial charge on any atom is -0.377 e. The van der Waals surface area contributed by atoms with Crippen LogP contribution in [0.2, 0.25) is 6.04 Å². The molecule has 1 unspecified atom stereocenters. The number of hydrogen-bond acceptors (Lipinski definition) is 3. The Kier molecular flexibility index (Phi) is 7.24. The maximum Gasteiger partial charge on any atom is 0.500 e. The van der Waals surface area contributed by atoms with Gasteiger partial charge in [-0.25, -0.2) is 0 Å². The molecule has 1 aromatic rings. The van der Waals surface area contributed by atoms with Gasteiger partial charge in [-0.3, -0.25) is 0 Å². The molecule has 0 aliphatic carbocycles. The summed E-state index contributed by atoms with van der Waals surface area (Å²) in [6.07, 6.45) is 1.99. The lowest BCUT2D eigenvalue weighted by atomic mass is 10.1. The molecule has 0 heterocycles. The topological polar surface area (TPSA) is 27.7 Å². The van der Waals surface area contributed by atoms with Crippen LogP contribution in [0.1, 0.15) is 29.3 Å². The van der Waals surface area contributed by atoms with Crippen molar-refractivity contribution in [3.63, 3.8) is 0 Å². The highest BCUT2D eigenvalue weighted by Gasteiger charge is 2.37. The minimum absolute atomic E-state index is 0.437. The molecule has 0 radical (unpaired) electrons. The lowest BCUT2D eigenvalue weighted by molar-refractivity contribution is 0.123. The molecule has 0 saturated carbocycles. The zero-order valence-corrected chi connectivity index (χ0v) is 14.7. The Labute approximate surface area is 125 Å². The van der Waals surface area contributed by atoms with Gasteiger partial charge in [0, 0.05) is 32.2 Å². The highest BCUT2D eigenvalue weighted by atomic mass is 79.9. The first-order valence-electron chi connectivity index (χ1n) is 6.49. The lowest BCUT2D eigenvalue weighted by Gasteiger charge is -2.24. The second kappa shape index (κ2) is 8.17. The fraction of sp³-hybridized carbons (Fsp3) is 0.571. The molecule has 108 valence electrons. The maximum atomic E-state index is 5.42. The van der Waals surface area contributed by atoms with E-state index in [-0.39, 0.29) is 0 Å². The van der Waals surface area contributed by atoms with E-state index in [0.29, 0.717) is 4.83 Å². The van der Waals surface area contributed by atoms with Crippen molar-refractivity contribution < 1.29 is 13.3 Å². The van der Waals surface area contributed by atoms with E-state index in [1.165, 1.54) is 11.1 Å². The van der Waals surface area contributed by atoms with Crippen LogP contribution in [-0.4, -0.2) is 30.1 Å². The van der Waals surface area contributed by atoms with Crippen molar-refractivity contribution in [1.82, 2.24) is 0 Å². The molecule has 0 fully saturated rings. The second-order valence-corrected chi connectivity index (χ2v) is 8.61. The van der Waals surface area contributed by atoms with E-state index in [1.54, 1.807) is 21.3 Å². The summed E-state index contributed by atoms with van der Waals surface area (Å²) in [5.74, 6) is 0. The Morgan fingerprint density at radius 2 is 1.58 bits per heavy atom. The molecule has 5 heteroatoms. The first kappa shape index (κ1) is 16.9. The van der Waals surface area contributed by atoms with Crippen molar-refractivity contribution in [3.8, 4) is 0 Å². The molecule has 19 heavy (non-hydrogen) atoms. The zero-order chi connectivity index (χ0) is 14.3. The lowest BCUT2D eigenvalue weighted by Crippen LogP contribution is -2.43. The molecule has 3 nitrogen and oxygen atoms in total. The third kappa shape index (κ3) is 4.68. The van der Waals surface area contributed by atoms with Crippen LogP contribution in [0.15, 0.2) is 24.3 Å². The summed E-state index contributed by atoms with van der Waals surface area (Å²) in [7, 11) is 2.50. The maximum absolute atomic E-state index is 5.42. The first-order valence-corrected chi connectivity index (χ1v) is 9.34. The predicted octanol–water partition coefficient (Wildman–Crippen LogP) is 3.95. The van der Waals surface area contributed by atoms with E-state index in [4.69, 9.17) is 13.3 Å². The largest absolute Gasteiger partial charge is 0.500 e. The monoisotopic (exact) mass is 346 g/mol. The van der Waals surface area contributed by atoms with Crippen LogP contribution in [0.4, 0.5) is 0 Å². The van der Waals surface area contributed by atoms with E-state index < -0.39 is 8.80 Å². The third-order valence-corrected chi connectivity index (χ3v) is 7.26. The van der Waals surface area contributed by atoms with Gasteiger partial charge in [-0.1, -0.05) is 47.1 Å². The van der Waals surface area contributed by atoms with Crippen LogP contribution < -0.4 is 0 Å². The number of aryl methyl sites for hydroxylation is 1. The average Bonchev–Trinajstić information content (AvgIpc) is 2.49. The molecule has 1 atom stereocenters. The molecule has 0 spiro atoms. The van der Waals surface area contributed by atoms with Crippen LogP contribution in [0.3, 0.4) is 0 Å². The van der Waals surface area contributed by atoms with Crippen LogP contribution in [-0.2, 0) is 19.7 Å². The number of rotatable bonds is 8. The van der Waals surface area contributed by atoms with Crippen LogP contribution >= 0.6 is 15.9 Å². The average molecular weight is 347 g/mol. The molecule has 0 saturated heterocycles. The summed E-state index contributed by atoms with van der Waals surface area (Å²) in [5.41, 5.74) is 2.60. The van der Waals surface area contributed by atoms with Gasteiger partial charge in [-0.2, -0.15) is 0 Å². The fourth-order valence-electron chi connectivity index (χ4n) is 1.98. The van der Waals surface area contributed by atoms with Crippen LogP contribution in [0, 0.1) is 0 Å². The highest BCUT2D eigenvalue weighted by molar-refractivity contribution is 9.09. The van der Waals surface area contributed by atoms with Gasteiger partial charge in [0.05, 0.1) is 0 Å². The van der Waals surface area contributed by atoms with E-state index in [1.807, 2.05) is 0 Å². The summed E-state index contributed by atoms with van der Waals surface area (Å²) < 4.78 is 16.3. The molecule has 0 aromatic heterocycles. The second-order valence-electron chi connectivity index (χ2n) is 4.41. The van der Waals surface area contributed by atoms with Gasteiger partial charge in [0.15, 0.2) is 0 Å². The highest BCUT2D eigenvalue weighted by Crippen LogP contribution is 2.26. The normalized spacial score (nSPS) is 13.5. The van der Waals surface area contributed by atoms with Crippen molar-refractivity contribution in [2.24, 2.45) is 0 Å². The van der Waals surface area contributed by atoms with Crippen LogP contribution in [0.5, 0.6) is 0 Å². The van der Waals surface area contributed by atoms with Crippen molar-refractivity contribution in [1.29, 1.82) is 0 Å².